The highest BCUT2D eigenvalue weighted by Gasteiger charge is 2.21. The summed E-state index contributed by atoms with van der Waals surface area (Å²) in [6, 6.07) is 0. The highest BCUT2D eigenvalue weighted by molar-refractivity contribution is 7.98. The third-order valence-electron chi connectivity index (χ3n) is 3.61. The van der Waals surface area contributed by atoms with Gasteiger partial charge in [-0.25, -0.2) is 9.97 Å². The van der Waals surface area contributed by atoms with Crippen molar-refractivity contribution in [3.05, 3.63) is 10.4 Å². The van der Waals surface area contributed by atoms with Gasteiger partial charge in [0, 0.05) is 11.4 Å². The molecule has 1 aliphatic rings. The smallest absolute Gasteiger partial charge is 0.305 e. The molecule has 0 atom stereocenters. The van der Waals surface area contributed by atoms with E-state index >= 15 is 0 Å². The van der Waals surface area contributed by atoms with Crippen LogP contribution in [0, 0.1) is 0 Å². The summed E-state index contributed by atoms with van der Waals surface area (Å²) in [5.74, 6) is -0.00441. The van der Waals surface area contributed by atoms with Gasteiger partial charge in [-0.1, -0.05) is 11.8 Å². The van der Waals surface area contributed by atoms with Gasteiger partial charge in [0.25, 0.3) is 0 Å². The minimum absolute atomic E-state index is 0.0897. The standard InChI is InChI=1S/C14H17N3O2S2/c1-20-14-16-12(15-7-6-10(18)19)11-8-4-2-3-5-9(8)21-13(11)17-14/h2-7H2,1H3,(H,18,19)(H,15,16,17). The highest BCUT2D eigenvalue weighted by atomic mass is 32.2. The summed E-state index contributed by atoms with van der Waals surface area (Å²) in [5, 5.41) is 13.8. The lowest BCUT2D eigenvalue weighted by Gasteiger charge is -2.12. The van der Waals surface area contributed by atoms with Crippen LogP contribution in [0.1, 0.15) is 29.7 Å². The number of anilines is 1. The Labute approximate surface area is 131 Å². The molecule has 112 valence electrons. The molecule has 0 saturated heterocycles. The molecule has 0 aliphatic heterocycles. The number of hydrogen-bond acceptors (Lipinski definition) is 6. The normalized spacial score (nSPS) is 14.1. The number of carboxylic acid groups (broad SMARTS) is 1. The lowest BCUT2D eigenvalue weighted by Crippen LogP contribution is -2.10. The van der Waals surface area contributed by atoms with E-state index in [4.69, 9.17) is 5.11 Å². The number of rotatable bonds is 5. The summed E-state index contributed by atoms with van der Waals surface area (Å²) < 4.78 is 0. The van der Waals surface area contributed by atoms with E-state index in [2.05, 4.69) is 15.3 Å². The third kappa shape index (κ3) is 2.98. The van der Waals surface area contributed by atoms with E-state index in [9.17, 15) is 4.79 Å². The Hall–Kier alpha value is -1.34. The molecule has 0 radical (unpaired) electrons. The maximum absolute atomic E-state index is 10.7. The molecule has 0 saturated carbocycles. The molecule has 21 heavy (non-hydrogen) atoms. The molecule has 0 aromatic carbocycles. The largest absolute Gasteiger partial charge is 0.481 e. The number of aromatic nitrogens is 2. The second-order valence-corrected chi connectivity index (χ2v) is 6.88. The number of thiophene rings is 1. The average molecular weight is 323 g/mol. The number of carbonyl (C=O) groups is 1. The summed E-state index contributed by atoms with van der Waals surface area (Å²) in [7, 11) is 0. The molecule has 0 unspecified atom stereocenters. The molecule has 5 nitrogen and oxygen atoms in total. The molecule has 2 aromatic heterocycles. The van der Waals surface area contributed by atoms with Crippen molar-refractivity contribution in [2.24, 2.45) is 0 Å². The Morgan fingerprint density at radius 3 is 2.95 bits per heavy atom. The van der Waals surface area contributed by atoms with Crippen molar-refractivity contribution in [3.63, 3.8) is 0 Å². The second kappa shape index (κ2) is 6.19. The van der Waals surface area contributed by atoms with E-state index in [1.54, 1.807) is 11.3 Å². The van der Waals surface area contributed by atoms with Gasteiger partial charge in [-0.3, -0.25) is 4.79 Å². The Balaban J connectivity index is 2.02. The average Bonchev–Trinajstić information content (AvgIpc) is 2.85. The lowest BCUT2D eigenvalue weighted by molar-refractivity contribution is -0.136. The number of nitrogens with one attached hydrogen (secondary N) is 1. The molecule has 1 aliphatic carbocycles. The van der Waals surface area contributed by atoms with Gasteiger partial charge >= 0.3 is 5.97 Å². The van der Waals surface area contributed by atoms with Crippen molar-refractivity contribution in [3.8, 4) is 0 Å². The molecule has 7 heteroatoms. The minimum atomic E-state index is -0.801. The van der Waals surface area contributed by atoms with Crippen molar-refractivity contribution in [1.29, 1.82) is 0 Å². The monoisotopic (exact) mass is 323 g/mol. The van der Waals surface area contributed by atoms with Crippen LogP contribution in [0.25, 0.3) is 10.2 Å². The van der Waals surface area contributed by atoms with Crippen LogP contribution in [0.5, 0.6) is 0 Å². The van der Waals surface area contributed by atoms with E-state index in [0.29, 0.717) is 6.54 Å². The van der Waals surface area contributed by atoms with Crippen LogP contribution in [-0.2, 0) is 17.6 Å². The fourth-order valence-corrected chi connectivity index (χ4v) is 4.33. The van der Waals surface area contributed by atoms with E-state index < -0.39 is 5.97 Å². The summed E-state index contributed by atoms with van der Waals surface area (Å²) >= 11 is 3.27. The minimum Gasteiger partial charge on any atom is -0.481 e. The van der Waals surface area contributed by atoms with Gasteiger partial charge in [0.2, 0.25) is 0 Å². The van der Waals surface area contributed by atoms with Crippen LogP contribution >= 0.6 is 23.1 Å². The van der Waals surface area contributed by atoms with Gasteiger partial charge in [-0.15, -0.1) is 11.3 Å². The predicted octanol–water partition coefficient (Wildman–Crippen LogP) is 3.18. The van der Waals surface area contributed by atoms with Crippen LogP contribution < -0.4 is 5.32 Å². The number of carboxylic acids is 1. The van der Waals surface area contributed by atoms with Gasteiger partial charge in [0.05, 0.1) is 11.8 Å². The molecule has 0 spiro atoms. The first-order chi connectivity index (χ1) is 10.2. The molecule has 2 heterocycles. The van der Waals surface area contributed by atoms with Crippen molar-refractivity contribution in [2.45, 2.75) is 37.3 Å². The number of thioether (sulfide) groups is 1. The third-order valence-corrected chi connectivity index (χ3v) is 5.34. The molecule has 0 amide bonds. The van der Waals surface area contributed by atoms with Gasteiger partial charge in [0.15, 0.2) is 5.16 Å². The van der Waals surface area contributed by atoms with Gasteiger partial charge in [0.1, 0.15) is 10.6 Å². The number of nitrogens with zero attached hydrogens (tertiary/aromatic N) is 2. The fourth-order valence-electron chi connectivity index (χ4n) is 2.64. The van der Waals surface area contributed by atoms with Crippen LogP contribution in [0.15, 0.2) is 5.16 Å². The molecule has 2 N–H and O–H groups in total. The number of aliphatic carboxylic acids is 1. The predicted molar refractivity (Wildman–Crippen MR) is 86.6 cm³/mol. The van der Waals surface area contributed by atoms with Crippen molar-refractivity contribution < 1.29 is 9.90 Å². The molecule has 0 bridgehead atoms. The molecular formula is C14H17N3O2S2. The quantitative estimate of drug-likeness (QED) is 0.650. The Bertz CT molecular complexity index is 684. The first-order valence-electron chi connectivity index (χ1n) is 7.01. The topological polar surface area (TPSA) is 75.1 Å². The molecule has 3 rings (SSSR count). The first kappa shape index (κ1) is 14.6. The number of aryl methyl sites for hydroxylation is 2. The zero-order valence-corrected chi connectivity index (χ0v) is 13.4. The SMILES string of the molecule is CSc1nc(NCCC(=O)O)c2c3c(sc2n1)CCCC3. The van der Waals surface area contributed by atoms with Crippen LogP contribution in [0.2, 0.25) is 0 Å². The zero-order valence-electron chi connectivity index (χ0n) is 11.8. The van der Waals surface area contributed by atoms with Crippen molar-refractivity contribution in [1.82, 2.24) is 9.97 Å². The Morgan fingerprint density at radius 1 is 1.38 bits per heavy atom. The van der Waals surface area contributed by atoms with Crippen molar-refractivity contribution >= 4 is 45.1 Å². The van der Waals surface area contributed by atoms with Crippen LogP contribution in [0.4, 0.5) is 5.82 Å². The van der Waals surface area contributed by atoms with Crippen molar-refractivity contribution in [2.75, 3.05) is 18.1 Å². The zero-order chi connectivity index (χ0) is 14.8. The first-order valence-corrected chi connectivity index (χ1v) is 9.05. The van der Waals surface area contributed by atoms with Gasteiger partial charge < -0.3 is 10.4 Å². The van der Waals surface area contributed by atoms with Gasteiger partial charge in [-0.2, -0.15) is 0 Å². The summed E-state index contributed by atoms with van der Waals surface area (Å²) in [6.07, 6.45) is 6.69. The summed E-state index contributed by atoms with van der Waals surface area (Å²) in [5.41, 5.74) is 1.37. The number of fused-ring (bicyclic) bond motifs is 3. The molecule has 2 aromatic rings. The second-order valence-electron chi connectivity index (χ2n) is 5.02. The van der Waals surface area contributed by atoms with E-state index in [1.807, 2.05) is 6.26 Å². The highest BCUT2D eigenvalue weighted by Crippen LogP contribution is 2.39. The lowest BCUT2D eigenvalue weighted by atomic mass is 9.97. The fraction of sp³-hybridized carbons (Fsp3) is 0.500. The van der Waals surface area contributed by atoms with E-state index in [-0.39, 0.29) is 6.42 Å². The maximum atomic E-state index is 10.7. The number of hydrogen-bond donors (Lipinski definition) is 2. The summed E-state index contributed by atoms with van der Waals surface area (Å²) in [6.45, 7) is 0.389. The Kier molecular flexibility index (Phi) is 4.30. The van der Waals surface area contributed by atoms with E-state index in [0.717, 1.165) is 34.0 Å². The maximum Gasteiger partial charge on any atom is 0.305 e. The molecular weight excluding hydrogens is 306 g/mol. The van der Waals surface area contributed by atoms with E-state index in [1.165, 1.54) is 35.0 Å². The molecule has 0 fully saturated rings. The summed E-state index contributed by atoms with van der Waals surface area (Å²) in [4.78, 5) is 22.3. The van der Waals surface area contributed by atoms with Gasteiger partial charge in [-0.05, 0) is 37.5 Å². The van der Waals surface area contributed by atoms with Crippen LogP contribution in [0.3, 0.4) is 0 Å². The van der Waals surface area contributed by atoms with Crippen LogP contribution in [-0.4, -0.2) is 33.8 Å². The Morgan fingerprint density at radius 2 is 2.19 bits per heavy atom.